The third-order valence-electron chi connectivity index (χ3n) is 5.10. The summed E-state index contributed by atoms with van der Waals surface area (Å²) in [4.78, 5) is 13.9. The quantitative estimate of drug-likeness (QED) is 0.307. The van der Waals surface area contributed by atoms with Gasteiger partial charge in [-0.1, -0.05) is 65.9 Å². The largest absolute Gasteiger partial charge is 0.325 e. The molecule has 3 aromatic carbocycles. The number of rotatable bonds is 8. The molecule has 0 saturated heterocycles. The van der Waals surface area contributed by atoms with Crippen LogP contribution >= 0.6 is 23.5 Å². The molecule has 1 aromatic heterocycles. The highest BCUT2D eigenvalue weighted by Gasteiger charge is 2.17. The summed E-state index contributed by atoms with van der Waals surface area (Å²) in [7, 11) is 0. The Morgan fingerprint density at radius 1 is 0.879 bits per heavy atom. The number of hydrogen-bond donors (Lipinski definition) is 1. The van der Waals surface area contributed by atoms with Crippen LogP contribution in [0.1, 0.15) is 22.5 Å². The van der Waals surface area contributed by atoms with Gasteiger partial charge in [0.25, 0.3) is 0 Å². The number of carbonyl (C=O) groups is 1. The normalized spacial score (nSPS) is 10.9. The molecule has 0 aliphatic rings. The second kappa shape index (κ2) is 10.7. The first-order valence-electron chi connectivity index (χ1n) is 10.7. The van der Waals surface area contributed by atoms with E-state index in [0.717, 1.165) is 28.3 Å². The summed E-state index contributed by atoms with van der Waals surface area (Å²) in [5.74, 6) is 1.73. The highest BCUT2D eigenvalue weighted by molar-refractivity contribution is 7.99. The number of hydrogen-bond acceptors (Lipinski definition) is 5. The van der Waals surface area contributed by atoms with Gasteiger partial charge in [0.15, 0.2) is 5.16 Å². The van der Waals surface area contributed by atoms with E-state index in [1.807, 2.05) is 66.9 Å². The van der Waals surface area contributed by atoms with Crippen molar-refractivity contribution in [2.75, 3.05) is 11.1 Å². The number of amides is 1. The zero-order valence-electron chi connectivity index (χ0n) is 18.9. The molecule has 168 valence electrons. The van der Waals surface area contributed by atoms with Crippen LogP contribution in [-0.2, 0) is 10.5 Å². The van der Waals surface area contributed by atoms with E-state index in [4.69, 9.17) is 0 Å². The van der Waals surface area contributed by atoms with Crippen molar-refractivity contribution in [1.82, 2.24) is 14.8 Å². The molecule has 0 unspecified atom stereocenters. The summed E-state index contributed by atoms with van der Waals surface area (Å²) in [6.07, 6.45) is 0. The minimum Gasteiger partial charge on any atom is -0.325 e. The number of benzene rings is 3. The number of aryl methyl sites for hydroxylation is 3. The lowest BCUT2D eigenvalue weighted by atomic mass is 10.1. The van der Waals surface area contributed by atoms with E-state index in [1.165, 1.54) is 22.2 Å². The Morgan fingerprint density at radius 3 is 2.18 bits per heavy atom. The van der Waals surface area contributed by atoms with Gasteiger partial charge in [0.05, 0.1) is 11.5 Å². The molecular weight excluding hydrogens is 448 g/mol. The van der Waals surface area contributed by atoms with Gasteiger partial charge >= 0.3 is 0 Å². The molecule has 1 amide bonds. The van der Waals surface area contributed by atoms with Gasteiger partial charge in [0.2, 0.25) is 5.91 Å². The number of carbonyl (C=O) groups excluding carboxylic acids is 1. The van der Waals surface area contributed by atoms with Crippen molar-refractivity contribution in [3.05, 3.63) is 95.3 Å². The number of nitrogens with zero attached hydrogens (tertiary/aromatic N) is 3. The van der Waals surface area contributed by atoms with Crippen LogP contribution in [0.3, 0.4) is 0 Å². The first kappa shape index (κ1) is 23.1. The van der Waals surface area contributed by atoms with E-state index in [9.17, 15) is 4.79 Å². The molecule has 0 aliphatic heterocycles. The van der Waals surface area contributed by atoms with Crippen LogP contribution in [0.25, 0.3) is 5.69 Å². The van der Waals surface area contributed by atoms with E-state index in [1.54, 1.807) is 11.8 Å². The van der Waals surface area contributed by atoms with Gasteiger partial charge in [-0.2, -0.15) is 0 Å². The first-order valence-corrected chi connectivity index (χ1v) is 12.7. The van der Waals surface area contributed by atoms with Crippen LogP contribution in [0.5, 0.6) is 0 Å². The third-order valence-corrected chi connectivity index (χ3v) is 7.04. The lowest BCUT2D eigenvalue weighted by Crippen LogP contribution is -2.16. The van der Waals surface area contributed by atoms with Crippen LogP contribution in [0.4, 0.5) is 5.69 Å². The Labute approximate surface area is 203 Å². The van der Waals surface area contributed by atoms with Crippen LogP contribution in [0, 0.1) is 20.8 Å². The molecule has 0 atom stereocenters. The first-order chi connectivity index (χ1) is 16.0. The van der Waals surface area contributed by atoms with Crippen LogP contribution in [-0.4, -0.2) is 26.4 Å². The molecule has 0 spiro atoms. The number of nitrogens with one attached hydrogen (secondary N) is 1. The smallest absolute Gasteiger partial charge is 0.234 e. The van der Waals surface area contributed by atoms with E-state index in [2.05, 4.69) is 46.7 Å². The summed E-state index contributed by atoms with van der Waals surface area (Å²) < 4.78 is 2.04. The third kappa shape index (κ3) is 5.86. The molecule has 5 nitrogen and oxygen atoms in total. The van der Waals surface area contributed by atoms with Crippen LogP contribution in [0.15, 0.2) is 82.8 Å². The van der Waals surface area contributed by atoms with E-state index in [-0.39, 0.29) is 11.7 Å². The highest BCUT2D eigenvalue weighted by Crippen LogP contribution is 2.28. The standard InChI is InChI=1S/C26H26N4OS2/c1-18-14-19(2)25(20(3)15-18)27-24(31)17-33-26-29-28-23(16-32-22-12-8-5-9-13-22)30(26)21-10-6-4-7-11-21/h4-15H,16-17H2,1-3H3,(H,27,31). The topological polar surface area (TPSA) is 59.8 Å². The van der Waals surface area contributed by atoms with Crippen molar-refractivity contribution < 1.29 is 4.79 Å². The minimum atomic E-state index is -0.0575. The van der Waals surface area contributed by atoms with Crippen molar-refractivity contribution in [2.24, 2.45) is 0 Å². The lowest BCUT2D eigenvalue weighted by molar-refractivity contribution is -0.113. The second-order valence-electron chi connectivity index (χ2n) is 7.78. The average Bonchev–Trinajstić information content (AvgIpc) is 3.23. The Bertz CT molecular complexity index is 1220. The summed E-state index contributed by atoms with van der Waals surface area (Å²) >= 11 is 3.11. The number of thioether (sulfide) groups is 2. The maximum atomic E-state index is 12.7. The highest BCUT2D eigenvalue weighted by atomic mass is 32.2. The number of aromatic nitrogens is 3. The van der Waals surface area contributed by atoms with E-state index < -0.39 is 0 Å². The minimum absolute atomic E-state index is 0.0575. The molecule has 7 heteroatoms. The van der Waals surface area contributed by atoms with Gasteiger partial charge in [-0.3, -0.25) is 9.36 Å². The van der Waals surface area contributed by atoms with Gasteiger partial charge < -0.3 is 5.32 Å². The summed E-state index contributed by atoms with van der Waals surface area (Å²) in [6, 6.07) is 24.4. The molecule has 1 N–H and O–H groups in total. The second-order valence-corrected chi connectivity index (χ2v) is 9.77. The average molecular weight is 475 g/mol. The Kier molecular flexibility index (Phi) is 7.52. The van der Waals surface area contributed by atoms with Gasteiger partial charge in [0, 0.05) is 16.3 Å². The molecule has 0 bridgehead atoms. The van der Waals surface area contributed by atoms with Gasteiger partial charge in [-0.05, 0) is 56.2 Å². The number of para-hydroxylation sites is 1. The van der Waals surface area contributed by atoms with E-state index in [0.29, 0.717) is 10.9 Å². The van der Waals surface area contributed by atoms with Crippen molar-refractivity contribution in [3.8, 4) is 5.69 Å². The maximum Gasteiger partial charge on any atom is 0.234 e. The Morgan fingerprint density at radius 2 is 1.52 bits per heavy atom. The van der Waals surface area contributed by atoms with Gasteiger partial charge in [-0.25, -0.2) is 0 Å². The molecule has 0 radical (unpaired) electrons. The predicted octanol–water partition coefficient (Wildman–Crippen LogP) is 6.22. The molecule has 0 saturated carbocycles. The zero-order chi connectivity index (χ0) is 23.2. The molecule has 0 fully saturated rings. The summed E-state index contributed by atoms with van der Waals surface area (Å²) in [6.45, 7) is 6.10. The van der Waals surface area contributed by atoms with Crippen molar-refractivity contribution >= 4 is 35.1 Å². The van der Waals surface area contributed by atoms with Crippen molar-refractivity contribution in [2.45, 2.75) is 36.6 Å². The molecule has 4 rings (SSSR count). The maximum absolute atomic E-state index is 12.7. The summed E-state index contributed by atoms with van der Waals surface area (Å²) in [5, 5.41) is 12.6. The van der Waals surface area contributed by atoms with Crippen LogP contribution in [0.2, 0.25) is 0 Å². The SMILES string of the molecule is Cc1cc(C)c(NC(=O)CSc2nnc(CSc3ccccc3)n2-c2ccccc2)c(C)c1. The molecule has 1 heterocycles. The summed E-state index contributed by atoms with van der Waals surface area (Å²) in [5.41, 5.74) is 5.20. The fourth-order valence-electron chi connectivity index (χ4n) is 3.67. The van der Waals surface area contributed by atoms with E-state index >= 15 is 0 Å². The Hall–Kier alpha value is -3.03. The lowest BCUT2D eigenvalue weighted by Gasteiger charge is -2.13. The Balaban J connectivity index is 1.50. The predicted molar refractivity (Wildman–Crippen MR) is 137 cm³/mol. The van der Waals surface area contributed by atoms with Crippen LogP contribution < -0.4 is 5.32 Å². The van der Waals surface area contributed by atoms with Gasteiger partial charge in [0.1, 0.15) is 5.82 Å². The number of anilines is 1. The van der Waals surface area contributed by atoms with Gasteiger partial charge in [-0.15, -0.1) is 22.0 Å². The molecular formula is C26H26N4OS2. The molecule has 4 aromatic rings. The van der Waals surface area contributed by atoms with Crippen molar-refractivity contribution in [1.29, 1.82) is 0 Å². The fourth-order valence-corrected chi connectivity index (χ4v) is 5.27. The molecule has 33 heavy (non-hydrogen) atoms. The zero-order valence-corrected chi connectivity index (χ0v) is 20.5. The fraction of sp³-hybridized carbons (Fsp3) is 0.192. The monoisotopic (exact) mass is 474 g/mol. The van der Waals surface area contributed by atoms with Crippen molar-refractivity contribution in [3.63, 3.8) is 0 Å². The molecule has 0 aliphatic carbocycles.